The minimum atomic E-state index is -0.743. The molecule has 1 aliphatic rings. The smallest absolute Gasteiger partial charge is 0.303 e. The summed E-state index contributed by atoms with van der Waals surface area (Å²) in [4.78, 5) is 10.4. The lowest BCUT2D eigenvalue weighted by Crippen LogP contribution is -2.21. The summed E-state index contributed by atoms with van der Waals surface area (Å²) in [6.45, 7) is 2.15. The predicted molar refractivity (Wildman–Crippen MR) is 107 cm³/mol. The van der Waals surface area contributed by atoms with Gasteiger partial charge in [-0.05, 0) is 38.0 Å². The molecule has 0 aromatic carbocycles. The second-order valence-corrected chi connectivity index (χ2v) is 7.76. The standard InChI is InChI=1S/C22H38O5/c1-2-3-8-12-18-19(21(25)16-20(18)24)15-14-17(23)11-9-6-4-5-7-10-13-22(26)27/h6,9,14-15,17-21,23-25H,2-5,7-8,10-13,16H2,1H3,(H,26,27)/b9-6-,15-14+/t17-,18+,19-,20+,21-/m1/s1. The molecule has 0 aromatic heterocycles. The fraction of sp³-hybridized carbons (Fsp3) is 0.773. The number of aliphatic hydroxyl groups excluding tert-OH is 3. The van der Waals surface area contributed by atoms with Crippen molar-refractivity contribution in [1.29, 1.82) is 0 Å². The van der Waals surface area contributed by atoms with Gasteiger partial charge in [-0.25, -0.2) is 0 Å². The van der Waals surface area contributed by atoms with Crippen LogP contribution in [0.3, 0.4) is 0 Å². The van der Waals surface area contributed by atoms with E-state index in [4.69, 9.17) is 5.11 Å². The van der Waals surface area contributed by atoms with E-state index in [9.17, 15) is 20.1 Å². The van der Waals surface area contributed by atoms with Crippen molar-refractivity contribution in [2.24, 2.45) is 11.8 Å². The van der Waals surface area contributed by atoms with Crippen LogP contribution in [0.5, 0.6) is 0 Å². The maximum atomic E-state index is 10.4. The number of carboxylic acid groups (broad SMARTS) is 1. The molecule has 1 rings (SSSR count). The van der Waals surface area contributed by atoms with Crippen LogP contribution in [0.1, 0.15) is 77.6 Å². The summed E-state index contributed by atoms with van der Waals surface area (Å²) in [6, 6.07) is 0. The Hall–Kier alpha value is -1.17. The van der Waals surface area contributed by atoms with E-state index in [1.165, 1.54) is 0 Å². The van der Waals surface area contributed by atoms with Crippen molar-refractivity contribution in [2.45, 2.75) is 95.9 Å². The van der Waals surface area contributed by atoms with Gasteiger partial charge < -0.3 is 20.4 Å². The highest BCUT2D eigenvalue weighted by Crippen LogP contribution is 2.37. The van der Waals surface area contributed by atoms with E-state index in [-0.39, 0.29) is 18.3 Å². The molecule has 0 saturated heterocycles. The minimum Gasteiger partial charge on any atom is -0.481 e. The molecule has 1 fully saturated rings. The van der Waals surface area contributed by atoms with Gasteiger partial charge in [-0.1, -0.05) is 56.9 Å². The summed E-state index contributed by atoms with van der Waals surface area (Å²) >= 11 is 0. The SMILES string of the molecule is CCCCC[C@H]1[C@@H](/C=C/[C@H](O)C/C=C\CCCCCC(=O)O)[C@H](O)C[C@@H]1O. The van der Waals surface area contributed by atoms with Gasteiger partial charge in [0.2, 0.25) is 0 Å². The van der Waals surface area contributed by atoms with Gasteiger partial charge in [-0.15, -0.1) is 0 Å². The first-order valence-electron chi connectivity index (χ1n) is 10.5. The fourth-order valence-electron chi connectivity index (χ4n) is 3.81. The van der Waals surface area contributed by atoms with E-state index in [1.807, 2.05) is 18.2 Å². The number of hydrogen-bond donors (Lipinski definition) is 4. The molecule has 0 aliphatic heterocycles. The van der Waals surface area contributed by atoms with E-state index < -0.39 is 24.3 Å². The van der Waals surface area contributed by atoms with Gasteiger partial charge in [-0.2, -0.15) is 0 Å². The van der Waals surface area contributed by atoms with E-state index in [2.05, 4.69) is 6.92 Å². The summed E-state index contributed by atoms with van der Waals surface area (Å²) < 4.78 is 0. The molecule has 0 unspecified atom stereocenters. The molecule has 1 aliphatic carbocycles. The van der Waals surface area contributed by atoms with Crippen molar-refractivity contribution in [3.05, 3.63) is 24.3 Å². The largest absolute Gasteiger partial charge is 0.481 e. The second-order valence-electron chi connectivity index (χ2n) is 7.76. The number of unbranched alkanes of at least 4 members (excludes halogenated alkanes) is 5. The normalized spacial score (nSPS) is 27.0. The number of carboxylic acids is 1. The maximum Gasteiger partial charge on any atom is 0.303 e. The molecule has 5 nitrogen and oxygen atoms in total. The Kier molecular flexibility index (Phi) is 12.3. The van der Waals surface area contributed by atoms with Gasteiger partial charge in [0.15, 0.2) is 0 Å². The molecule has 27 heavy (non-hydrogen) atoms. The Bertz CT molecular complexity index is 460. The molecule has 5 atom stereocenters. The summed E-state index contributed by atoms with van der Waals surface area (Å²) in [5.41, 5.74) is 0. The van der Waals surface area contributed by atoms with Gasteiger partial charge >= 0.3 is 5.97 Å². The highest BCUT2D eigenvalue weighted by Gasteiger charge is 2.39. The Balaban J connectivity index is 2.30. The van der Waals surface area contributed by atoms with Crippen molar-refractivity contribution in [2.75, 3.05) is 0 Å². The minimum absolute atomic E-state index is 0.0790. The quantitative estimate of drug-likeness (QED) is 0.270. The number of rotatable bonds is 14. The lowest BCUT2D eigenvalue weighted by atomic mass is 9.88. The van der Waals surface area contributed by atoms with Crippen LogP contribution in [0.25, 0.3) is 0 Å². The van der Waals surface area contributed by atoms with Crippen molar-refractivity contribution in [1.82, 2.24) is 0 Å². The number of carbonyl (C=O) groups is 1. The van der Waals surface area contributed by atoms with E-state index in [0.29, 0.717) is 19.3 Å². The van der Waals surface area contributed by atoms with E-state index in [0.717, 1.165) is 44.9 Å². The predicted octanol–water partition coefficient (Wildman–Crippen LogP) is 3.82. The summed E-state index contributed by atoms with van der Waals surface area (Å²) in [7, 11) is 0. The van der Waals surface area contributed by atoms with E-state index >= 15 is 0 Å². The monoisotopic (exact) mass is 382 g/mol. The molecule has 0 aromatic rings. The van der Waals surface area contributed by atoms with Gasteiger partial charge in [0.05, 0.1) is 18.3 Å². The molecule has 0 amide bonds. The lowest BCUT2D eigenvalue weighted by Gasteiger charge is -2.21. The van der Waals surface area contributed by atoms with Gasteiger partial charge in [0.1, 0.15) is 0 Å². The Labute approximate surface area is 163 Å². The molecule has 0 spiro atoms. The third kappa shape index (κ3) is 10.1. The number of aliphatic hydroxyl groups is 3. The molecule has 1 saturated carbocycles. The first kappa shape index (κ1) is 23.9. The molecule has 156 valence electrons. The van der Waals surface area contributed by atoms with Crippen molar-refractivity contribution < 1.29 is 25.2 Å². The molecule has 5 heteroatoms. The highest BCUT2D eigenvalue weighted by molar-refractivity contribution is 5.66. The molecular weight excluding hydrogens is 344 g/mol. The van der Waals surface area contributed by atoms with Crippen molar-refractivity contribution >= 4 is 5.97 Å². The fourth-order valence-corrected chi connectivity index (χ4v) is 3.81. The number of allylic oxidation sites excluding steroid dienone is 1. The molecular formula is C22H38O5. The molecule has 0 heterocycles. The van der Waals surface area contributed by atoms with Crippen LogP contribution in [0, 0.1) is 11.8 Å². The number of hydrogen-bond acceptors (Lipinski definition) is 4. The van der Waals surface area contributed by atoms with Crippen LogP contribution in [-0.2, 0) is 4.79 Å². The average Bonchev–Trinajstić information content (AvgIpc) is 2.88. The topological polar surface area (TPSA) is 98.0 Å². The van der Waals surface area contributed by atoms with Crippen LogP contribution in [-0.4, -0.2) is 44.7 Å². The van der Waals surface area contributed by atoms with Crippen LogP contribution >= 0.6 is 0 Å². The van der Waals surface area contributed by atoms with Crippen molar-refractivity contribution in [3.8, 4) is 0 Å². The maximum absolute atomic E-state index is 10.4. The van der Waals surface area contributed by atoms with Crippen LogP contribution in [0.15, 0.2) is 24.3 Å². The summed E-state index contributed by atoms with van der Waals surface area (Å²) in [5.74, 6) is -0.742. The Morgan fingerprint density at radius 3 is 2.56 bits per heavy atom. The molecule has 4 N–H and O–H groups in total. The van der Waals surface area contributed by atoms with Gasteiger partial charge in [0, 0.05) is 18.8 Å². The summed E-state index contributed by atoms with van der Waals surface area (Å²) in [5, 5.41) is 39.1. The average molecular weight is 383 g/mol. The zero-order valence-corrected chi connectivity index (χ0v) is 16.7. The van der Waals surface area contributed by atoms with E-state index in [1.54, 1.807) is 6.08 Å². The first-order chi connectivity index (χ1) is 13.0. The second kappa shape index (κ2) is 13.9. The first-order valence-corrected chi connectivity index (χ1v) is 10.5. The number of aliphatic carboxylic acids is 1. The Morgan fingerprint density at radius 1 is 1.07 bits per heavy atom. The lowest BCUT2D eigenvalue weighted by molar-refractivity contribution is -0.137. The highest BCUT2D eigenvalue weighted by atomic mass is 16.4. The zero-order valence-electron chi connectivity index (χ0n) is 16.7. The zero-order chi connectivity index (χ0) is 20.1. The summed E-state index contributed by atoms with van der Waals surface area (Å²) in [6.07, 6.45) is 14.9. The van der Waals surface area contributed by atoms with Crippen molar-refractivity contribution in [3.63, 3.8) is 0 Å². The third-order valence-electron chi connectivity index (χ3n) is 5.42. The van der Waals surface area contributed by atoms with Gasteiger partial charge in [-0.3, -0.25) is 4.79 Å². The molecule has 0 bridgehead atoms. The van der Waals surface area contributed by atoms with Crippen LogP contribution < -0.4 is 0 Å². The Morgan fingerprint density at radius 2 is 1.85 bits per heavy atom. The van der Waals surface area contributed by atoms with Crippen LogP contribution in [0.2, 0.25) is 0 Å². The molecule has 0 radical (unpaired) electrons. The van der Waals surface area contributed by atoms with Gasteiger partial charge in [0.25, 0.3) is 0 Å². The third-order valence-corrected chi connectivity index (χ3v) is 5.42. The van der Waals surface area contributed by atoms with Crippen LogP contribution in [0.4, 0.5) is 0 Å².